The van der Waals surface area contributed by atoms with E-state index >= 15 is 0 Å². The highest BCUT2D eigenvalue weighted by atomic mass is 32.2. The molecule has 2 N–H and O–H groups in total. The molecule has 0 heterocycles. The molecular formula is C11H16FNO3S. The lowest BCUT2D eigenvalue weighted by Crippen LogP contribution is -2.16. The number of hydrogen-bond acceptors (Lipinski definition) is 3. The predicted molar refractivity (Wildman–Crippen MR) is 63.8 cm³/mol. The minimum absolute atomic E-state index is 0.0429. The summed E-state index contributed by atoms with van der Waals surface area (Å²) in [5.74, 6) is 0.268. The van der Waals surface area contributed by atoms with E-state index in [1.54, 1.807) is 13.0 Å². The first kappa shape index (κ1) is 13.9. The van der Waals surface area contributed by atoms with E-state index in [1.165, 1.54) is 12.1 Å². The highest BCUT2D eigenvalue weighted by Crippen LogP contribution is 2.18. The standard InChI is InChI=1S/C11H16FNO3S/c1-9-8-10(12)4-5-11(9)16-6-2-3-7-17(13,14)15/h4-5,8H,2-3,6-7H2,1H3,(H2,13,14,15). The van der Waals surface area contributed by atoms with E-state index < -0.39 is 10.0 Å². The monoisotopic (exact) mass is 261 g/mol. The molecule has 96 valence electrons. The second-order valence-electron chi connectivity index (χ2n) is 3.83. The van der Waals surface area contributed by atoms with Crippen LogP contribution in [-0.4, -0.2) is 20.8 Å². The molecule has 0 spiro atoms. The number of aryl methyl sites for hydroxylation is 1. The van der Waals surface area contributed by atoms with Crippen LogP contribution < -0.4 is 9.88 Å². The van der Waals surface area contributed by atoms with E-state index in [4.69, 9.17) is 9.88 Å². The maximum absolute atomic E-state index is 12.8. The summed E-state index contributed by atoms with van der Waals surface area (Å²) in [5.41, 5.74) is 0.719. The average molecular weight is 261 g/mol. The van der Waals surface area contributed by atoms with Gasteiger partial charge in [0.05, 0.1) is 12.4 Å². The highest BCUT2D eigenvalue weighted by molar-refractivity contribution is 7.89. The lowest BCUT2D eigenvalue weighted by Gasteiger charge is -2.08. The molecule has 0 amide bonds. The molecule has 0 aliphatic carbocycles. The minimum atomic E-state index is -3.39. The van der Waals surface area contributed by atoms with Crippen molar-refractivity contribution in [3.63, 3.8) is 0 Å². The molecule has 0 aromatic heterocycles. The van der Waals surface area contributed by atoms with Gasteiger partial charge in [-0.2, -0.15) is 0 Å². The Hall–Kier alpha value is -1.14. The van der Waals surface area contributed by atoms with Crippen molar-refractivity contribution >= 4 is 10.0 Å². The molecule has 0 saturated carbocycles. The van der Waals surface area contributed by atoms with Crippen LogP contribution in [0.1, 0.15) is 18.4 Å². The van der Waals surface area contributed by atoms with Crippen molar-refractivity contribution < 1.29 is 17.5 Å². The van der Waals surface area contributed by atoms with E-state index in [9.17, 15) is 12.8 Å². The summed E-state index contributed by atoms with van der Waals surface area (Å²) in [5, 5.41) is 4.86. The van der Waals surface area contributed by atoms with Gasteiger partial charge < -0.3 is 4.74 Å². The first-order valence-corrected chi connectivity index (χ1v) is 6.99. The van der Waals surface area contributed by atoms with Crippen LogP contribution in [0.5, 0.6) is 5.75 Å². The third-order valence-corrected chi connectivity index (χ3v) is 3.08. The minimum Gasteiger partial charge on any atom is -0.493 e. The van der Waals surface area contributed by atoms with Gasteiger partial charge in [0.15, 0.2) is 0 Å². The SMILES string of the molecule is Cc1cc(F)ccc1OCCCCS(N)(=O)=O. The Morgan fingerprint density at radius 2 is 2.06 bits per heavy atom. The average Bonchev–Trinajstić information content (AvgIpc) is 2.18. The second-order valence-corrected chi connectivity index (χ2v) is 5.57. The van der Waals surface area contributed by atoms with Gasteiger partial charge in [0.2, 0.25) is 10.0 Å². The summed E-state index contributed by atoms with van der Waals surface area (Å²) in [6.45, 7) is 2.14. The van der Waals surface area contributed by atoms with Crippen molar-refractivity contribution in [2.24, 2.45) is 5.14 Å². The van der Waals surface area contributed by atoms with E-state index in [-0.39, 0.29) is 11.6 Å². The van der Waals surface area contributed by atoms with Crippen LogP contribution in [0, 0.1) is 12.7 Å². The fourth-order valence-electron chi connectivity index (χ4n) is 1.36. The van der Waals surface area contributed by atoms with Crippen molar-refractivity contribution in [2.45, 2.75) is 19.8 Å². The van der Waals surface area contributed by atoms with Crippen molar-refractivity contribution in [2.75, 3.05) is 12.4 Å². The van der Waals surface area contributed by atoms with Gasteiger partial charge in [-0.15, -0.1) is 0 Å². The van der Waals surface area contributed by atoms with Crippen LogP contribution >= 0.6 is 0 Å². The summed E-state index contributed by atoms with van der Waals surface area (Å²) in [6.07, 6.45) is 1.05. The topological polar surface area (TPSA) is 69.4 Å². The van der Waals surface area contributed by atoms with Gasteiger partial charge in [-0.3, -0.25) is 0 Å². The summed E-state index contributed by atoms with van der Waals surface area (Å²) in [7, 11) is -3.39. The molecule has 4 nitrogen and oxygen atoms in total. The zero-order chi connectivity index (χ0) is 12.9. The molecular weight excluding hydrogens is 245 g/mol. The second kappa shape index (κ2) is 5.97. The first-order valence-electron chi connectivity index (χ1n) is 5.28. The molecule has 17 heavy (non-hydrogen) atoms. The Labute approximate surface area is 101 Å². The van der Waals surface area contributed by atoms with Crippen LogP contribution in [0.25, 0.3) is 0 Å². The van der Waals surface area contributed by atoms with Crippen LogP contribution in [-0.2, 0) is 10.0 Å². The van der Waals surface area contributed by atoms with Crippen molar-refractivity contribution in [3.05, 3.63) is 29.6 Å². The summed E-state index contributed by atoms with van der Waals surface area (Å²) < 4.78 is 39.5. The Bertz CT molecular complexity index is 474. The number of sulfonamides is 1. The summed E-state index contributed by atoms with van der Waals surface area (Å²) in [4.78, 5) is 0. The number of benzene rings is 1. The third kappa shape index (κ3) is 5.65. The van der Waals surface area contributed by atoms with E-state index in [1.807, 2.05) is 0 Å². The van der Waals surface area contributed by atoms with Gasteiger partial charge in [0.1, 0.15) is 11.6 Å². The van der Waals surface area contributed by atoms with Crippen LogP contribution in [0.15, 0.2) is 18.2 Å². The summed E-state index contributed by atoms with van der Waals surface area (Å²) >= 11 is 0. The Morgan fingerprint density at radius 3 is 2.65 bits per heavy atom. The molecule has 6 heteroatoms. The summed E-state index contributed by atoms with van der Waals surface area (Å²) in [6, 6.07) is 4.27. The van der Waals surface area contributed by atoms with Crippen molar-refractivity contribution in [1.82, 2.24) is 0 Å². The lowest BCUT2D eigenvalue weighted by molar-refractivity contribution is 0.307. The first-order chi connectivity index (χ1) is 7.88. The number of ether oxygens (including phenoxy) is 1. The molecule has 1 aromatic rings. The highest BCUT2D eigenvalue weighted by Gasteiger charge is 2.03. The van der Waals surface area contributed by atoms with Crippen molar-refractivity contribution in [3.8, 4) is 5.75 Å². The maximum atomic E-state index is 12.8. The smallest absolute Gasteiger partial charge is 0.209 e. The Balaban J connectivity index is 2.32. The van der Waals surface area contributed by atoms with Gasteiger partial charge >= 0.3 is 0 Å². The fraction of sp³-hybridized carbons (Fsp3) is 0.455. The lowest BCUT2D eigenvalue weighted by atomic mass is 10.2. The zero-order valence-corrected chi connectivity index (χ0v) is 10.5. The van der Waals surface area contributed by atoms with Gasteiger partial charge in [0.25, 0.3) is 0 Å². The number of nitrogens with two attached hydrogens (primary N) is 1. The molecule has 0 unspecified atom stereocenters. The van der Waals surface area contributed by atoms with Gasteiger partial charge in [-0.05, 0) is 43.5 Å². The maximum Gasteiger partial charge on any atom is 0.209 e. The van der Waals surface area contributed by atoms with Gasteiger partial charge in [-0.25, -0.2) is 17.9 Å². The fourth-order valence-corrected chi connectivity index (χ4v) is 1.97. The predicted octanol–water partition coefficient (Wildman–Crippen LogP) is 1.58. The Morgan fingerprint density at radius 1 is 1.35 bits per heavy atom. The van der Waals surface area contributed by atoms with E-state index in [0.29, 0.717) is 25.2 Å². The molecule has 1 aromatic carbocycles. The quantitative estimate of drug-likeness (QED) is 0.790. The number of halogens is 1. The third-order valence-electron chi connectivity index (χ3n) is 2.22. The normalized spacial score (nSPS) is 11.5. The van der Waals surface area contributed by atoms with Crippen LogP contribution in [0.3, 0.4) is 0 Å². The number of primary sulfonamides is 1. The molecule has 1 rings (SSSR count). The molecule has 0 saturated heterocycles. The van der Waals surface area contributed by atoms with Crippen LogP contribution in [0.2, 0.25) is 0 Å². The molecule has 0 radical (unpaired) electrons. The van der Waals surface area contributed by atoms with E-state index in [2.05, 4.69) is 0 Å². The van der Waals surface area contributed by atoms with Gasteiger partial charge in [0, 0.05) is 0 Å². The zero-order valence-electron chi connectivity index (χ0n) is 9.65. The number of rotatable bonds is 6. The molecule has 0 aliphatic rings. The van der Waals surface area contributed by atoms with Crippen LogP contribution in [0.4, 0.5) is 4.39 Å². The Kier molecular flexibility index (Phi) is 4.89. The molecule has 0 bridgehead atoms. The number of unbranched alkanes of at least 4 members (excludes halogenated alkanes) is 1. The molecule has 0 aliphatic heterocycles. The van der Waals surface area contributed by atoms with E-state index in [0.717, 1.165) is 5.56 Å². The molecule has 0 fully saturated rings. The van der Waals surface area contributed by atoms with Crippen molar-refractivity contribution in [1.29, 1.82) is 0 Å². The molecule has 0 atom stereocenters. The number of hydrogen-bond donors (Lipinski definition) is 1. The van der Waals surface area contributed by atoms with Gasteiger partial charge in [-0.1, -0.05) is 0 Å². The largest absolute Gasteiger partial charge is 0.493 e.